The lowest BCUT2D eigenvalue weighted by atomic mass is 9.79. The molecule has 3 nitrogen and oxygen atoms in total. The monoisotopic (exact) mass is 473 g/mol. The highest BCUT2D eigenvalue weighted by molar-refractivity contribution is 6.62. The van der Waals surface area contributed by atoms with Gasteiger partial charge in [-0.2, -0.15) is 0 Å². The predicted molar refractivity (Wildman–Crippen MR) is 152 cm³/mol. The summed E-state index contributed by atoms with van der Waals surface area (Å²) in [6.07, 6.45) is 4.28. The van der Waals surface area contributed by atoms with Crippen LogP contribution in [0.4, 0.5) is 17.1 Å². The van der Waals surface area contributed by atoms with E-state index in [1.165, 1.54) is 0 Å². The highest BCUT2D eigenvalue weighted by Gasteiger charge is 2.51. The molecule has 0 radical (unpaired) electrons. The molecule has 4 aromatic rings. The summed E-state index contributed by atoms with van der Waals surface area (Å²) >= 11 is 0. The minimum atomic E-state index is -0.335. The maximum Gasteiger partial charge on any atom is 0.494 e. The molecule has 0 saturated carbocycles. The minimum Gasteiger partial charge on any atom is -0.399 e. The largest absolute Gasteiger partial charge is 0.494 e. The second kappa shape index (κ2) is 9.81. The Morgan fingerprint density at radius 3 is 1.36 bits per heavy atom. The molecule has 1 heterocycles. The maximum atomic E-state index is 6.17. The lowest BCUT2D eigenvalue weighted by molar-refractivity contribution is 0.00578. The average molecular weight is 473 g/mol. The number of benzene rings is 4. The summed E-state index contributed by atoms with van der Waals surface area (Å²) in [7, 11) is -0.335. The van der Waals surface area contributed by atoms with Gasteiger partial charge in [0.1, 0.15) is 0 Å². The van der Waals surface area contributed by atoms with Crippen molar-refractivity contribution < 1.29 is 9.31 Å². The number of para-hydroxylation sites is 2. The number of anilines is 3. The minimum absolute atomic E-state index is 0.334. The first-order valence-electron chi connectivity index (χ1n) is 12.5. The molecule has 1 aliphatic heterocycles. The molecular weight excluding hydrogens is 441 g/mol. The van der Waals surface area contributed by atoms with Gasteiger partial charge in [-0.05, 0) is 80.7 Å². The topological polar surface area (TPSA) is 21.7 Å². The van der Waals surface area contributed by atoms with Crippen molar-refractivity contribution in [3.8, 4) is 0 Å². The molecule has 0 atom stereocenters. The molecule has 0 aliphatic carbocycles. The molecule has 1 aliphatic rings. The first-order chi connectivity index (χ1) is 17.3. The van der Waals surface area contributed by atoms with E-state index in [9.17, 15) is 0 Å². The van der Waals surface area contributed by atoms with Crippen LogP contribution in [0.15, 0.2) is 109 Å². The third kappa shape index (κ3) is 5.01. The van der Waals surface area contributed by atoms with Crippen molar-refractivity contribution in [3.63, 3.8) is 0 Å². The van der Waals surface area contributed by atoms with E-state index >= 15 is 0 Å². The lowest BCUT2D eigenvalue weighted by Crippen LogP contribution is -2.41. The summed E-state index contributed by atoms with van der Waals surface area (Å²) in [5, 5.41) is 0. The third-order valence-corrected chi connectivity index (χ3v) is 7.11. The Morgan fingerprint density at radius 1 is 0.528 bits per heavy atom. The van der Waals surface area contributed by atoms with Gasteiger partial charge in [-0.3, -0.25) is 0 Å². The molecule has 1 saturated heterocycles. The molecule has 1 fully saturated rings. The number of rotatable bonds is 6. The molecule has 36 heavy (non-hydrogen) atoms. The average Bonchev–Trinajstić information content (AvgIpc) is 3.12. The second-order valence-electron chi connectivity index (χ2n) is 10.2. The number of hydrogen-bond acceptors (Lipinski definition) is 3. The Kier molecular flexibility index (Phi) is 6.57. The van der Waals surface area contributed by atoms with Crippen molar-refractivity contribution in [2.24, 2.45) is 0 Å². The third-order valence-electron chi connectivity index (χ3n) is 7.11. The lowest BCUT2D eigenvalue weighted by Gasteiger charge is -2.32. The van der Waals surface area contributed by atoms with Gasteiger partial charge in [-0.25, -0.2) is 0 Å². The van der Waals surface area contributed by atoms with Gasteiger partial charge < -0.3 is 14.2 Å². The molecule has 4 aromatic carbocycles. The van der Waals surface area contributed by atoms with E-state index < -0.39 is 0 Å². The van der Waals surface area contributed by atoms with E-state index in [2.05, 4.69) is 142 Å². The van der Waals surface area contributed by atoms with Crippen molar-refractivity contribution in [1.29, 1.82) is 0 Å². The first-order valence-corrected chi connectivity index (χ1v) is 12.5. The van der Waals surface area contributed by atoms with Crippen molar-refractivity contribution in [2.45, 2.75) is 38.9 Å². The van der Waals surface area contributed by atoms with Crippen molar-refractivity contribution in [2.75, 3.05) is 4.90 Å². The van der Waals surface area contributed by atoms with E-state index in [0.717, 1.165) is 33.7 Å². The standard InChI is InChI=1S/C32H32BNO2/c1-31(2)32(3,4)36-33(35-31)27-21-17-25(18-22-27)15-16-26-19-23-30(24-20-26)34(28-11-7-5-8-12-28)29-13-9-6-10-14-29/h5-24H,1-4H3. The van der Waals surface area contributed by atoms with E-state index in [-0.39, 0.29) is 18.3 Å². The molecule has 5 rings (SSSR count). The molecule has 0 bridgehead atoms. The van der Waals surface area contributed by atoms with Gasteiger partial charge in [0, 0.05) is 17.1 Å². The first kappa shape index (κ1) is 24.1. The Morgan fingerprint density at radius 2 is 0.917 bits per heavy atom. The smallest absolute Gasteiger partial charge is 0.399 e. The van der Waals surface area contributed by atoms with Gasteiger partial charge in [0.25, 0.3) is 0 Å². The summed E-state index contributed by atoms with van der Waals surface area (Å²) in [5.41, 5.74) is 6.04. The van der Waals surface area contributed by atoms with E-state index in [1.54, 1.807) is 0 Å². The summed E-state index contributed by atoms with van der Waals surface area (Å²) in [6, 6.07) is 37.9. The summed E-state index contributed by atoms with van der Waals surface area (Å²) in [4.78, 5) is 2.27. The van der Waals surface area contributed by atoms with Gasteiger partial charge in [0.15, 0.2) is 0 Å². The van der Waals surface area contributed by atoms with Gasteiger partial charge in [0.05, 0.1) is 11.2 Å². The fourth-order valence-corrected chi connectivity index (χ4v) is 4.27. The Balaban J connectivity index is 1.31. The highest BCUT2D eigenvalue weighted by Crippen LogP contribution is 2.37. The predicted octanol–water partition coefficient (Wildman–Crippen LogP) is 7.63. The maximum absolute atomic E-state index is 6.17. The summed E-state index contributed by atoms with van der Waals surface area (Å²) in [5.74, 6) is 0. The Bertz CT molecular complexity index is 1260. The van der Waals surface area contributed by atoms with Gasteiger partial charge in [-0.15, -0.1) is 0 Å². The van der Waals surface area contributed by atoms with Crippen LogP contribution in [-0.4, -0.2) is 18.3 Å². The number of hydrogen-bond donors (Lipinski definition) is 0. The zero-order valence-corrected chi connectivity index (χ0v) is 21.4. The molecule has 0 amide bonds. The van der Waals surface area contributed by atoms with E-state index in [0.29, 0.717) is 0 Å². The van der Waals surface area contributed by atoms with Crippen LogP contribution in [0.3, 0.4) is 0 Å². The Labute approximate surface area is 215 Å². The van der Waals surface area contributed by atoms with Crippen molar-refractivity contribution >= 4 is 41.8 Å². The summed E-state index contributed by atoms with van der Waals surface area (Å²) < 4.78 is 12.3. The molecule has 0 unspecified atom stereocenters. The van der Waals surface area contributed by atoms with Crippen LogP contribution in [0.25, 0.3) is 12.2 Å². The Hall–Kier alpha value is -3.60. The van der Waals surface area contributed by atoms with Crippen LogP contribution in [-0.2, 0) is 9.31 Å². The van der Waals surface area contributed by atoms with Gasteiger partial charge in [-0.1, -0.05) is 84.9 Å². The van der Waals surface area contributed by atoms with Gasteiger partial charge >= 0.3 is 7.12 Å². The van der Waals surface area contributed by atoms with Crippen LogP contribution in [0.5, 0.6) is 0 Å². The molecule has 0 aromatic heterocycles. The van der Waals surface area contributed by atoms with Gasteiger partial charge in [0.2, 0.25) is 0 Å². The second-order valence-corrected chi connectivity index (χ2v) is 10.2. The number of nitrogens with zero attached hydrogens (tertiary/aromatic N) is 1. The van der Waals surface area contributed by atoms with Crippen LogP contribution >= 0.6 is 0 Å². The zero-order valence-electron chi connectivity index (χ0n) is 21.4. The van der Waals surface area contributed by atoms with Crippen LogP contribution in [0, 0.1) is 0 Å². The van der Waals surface area contributed by atoms with Crippen LogP contribution < -0.4 is 10.4 Å². The van der Waals surface area contributed by atoms with Crippen molar-refractivity contribution in [3.05, 3.63) is 120 Å². The highest BCUT2D eigenvalue weighted by atomic mass is 16.7. The van der Waals surface area contributed by atoms with Crippen LogP contribution in [0.2, 0.25) is 0 Å². The molecule has 4 heteroatoms. The zero-order chi connectivity index (χ0) is 25.2. The quantitative estimate of drug-likeness (QED) is 0.212. The molecule has 180 valence electrons. The fraction of sp³-hybridized carbons (Fsp3) is 0.188. The van der Waals surface area contributed by atoms with E-state index in [4.69, 9.17) is 9.31 Å². The fourth-order valence-electron chi connectivity index (χ4n) is 4.27. The summed E-state index contributed by atoms with van der Waals surface area (Å²) in [6.45, 7) is 8.31. The molecular formula is C32H32BNO2. The van der Waals surface area contributed by atoms with Crippen molar-refractivity contribution in [1.82, 2.24) is 0 Å². The molecule has 0 spiro atoms. The van der Waals surface area contributed by atoms with E-state index in [1.807, 2.05) is 12.1 Å². The van der Waals surface area contributed by atoms with Crippen LogP contribution in [0.1, 0.15) is 38.8 Å². The normalized spacial score (nSPS) is 16.4. The molecule has 0 N–H and O–H groups in total. The SMILES string of the molecule is CC1(C)OB(c2ccc(C=Cc3ccc(N(c4ccccc4)c4ccccc4)cc3)cc2)OC1(C)C.